The maximum atomic E-state index is 13.6. The summed E-state index contributed by atoms with van der Waals surface area (Å²) >= 11 is 0. The van der Waals surface area contributed by atoms with Crippen LogP contribution in [0.5, 0.6) is 0 Å². The van der Waals surface area contributed by atoms with Gasteiger partial charge in [-0.1, -0.05) is 51.1 Å². The quantitative estimate of drug-likeness (QED) is 0.546. The molecule has 0 radical (unpaired) electrons. The van der Waals surface area contributed by atoms with Crippen LogP contribution in [-0.4, -0.2) is 36.8 Å². The van der Waals surface area contributed by atoms with Crippen LogP contribution >= 0.6 is 0 Å². The van der Waals surface area contributed by atoms with Crippen LogP contribution in [0.15, 0.2) is 51.7 Å². The molecule has 0 bridgehead atoms. The Hall–Kier alpha value is -2.93. The van der Waals surface area contributed by atoms with Crippen molar-refractivity contribution in [2.24, 2.45) is 0 Å². The van der Waals surface area contributed by atoms with Crippen LogP contribution in [0.4, 0.5) is 0 Å². The van der Waals surface area contributed by atoms with E-state index in [1.165, 1.54) is 11.6 Å². The first kappa shape index (κ1) is 24.2. The summed E-state index contributed by atoms with van der Waals surface area (Å²) in [7, 11) is -3.22. The highest BCUT2D eigenvalue weighted by atomic mass is 32.2. The number of carbonyl (C=O) groups is 1. The standard InChI is InChI=1S/C27H31NO5S/c1-17-12-18(2)25-22(13-17)23(29)14-24(33-25)26(30)28(21-10-11-34(31,32)16-21)15-19-6-8-20(9-7-19)27(3,4)5/h6-9,12-14,21H,10-11,15-16H2,1-5H3. The van der Waals surface area contributed by atoms with Gasteiger partial charge in [-0.25, -0.2) is 8.42 Å². The molecule has 1 aliphatic rings. The van der Waals surface area contributed by atoms with Crippen molar-refractivity contribution in [1.29, 1.82) is 0 Å². The smallest absolute Gasteiger partial charge is 0.290 e. The van der Waals surface area contributed by atoms with Gasteiger partial charge in [0.25, 0.3) is 5.91 Å². The summed E-state index contributed by atoms with van der Waals surface area (Å²) in [6.45, 7) is 10.4. The molecule has 1 unspecified atom stereocenters. The lowest BCUT2D eigenvalue weighted by atomic mass is 9.86. The molecule has 0 aliphatic carbocycles. The average molecular weight is 482 g/mol. The zero-order valence-electron chi connectivity index (χ0n) is 20.3. The first-order valence-corrected chi connectivity index (χ1v) is 13.3. The van der Waals surface area contributed by atoms with Crippen LogP contribution in [0.1, 0.15) is 60.0 Å². The number of rotatable bonds is 4. The van der Waals surface area contributed by atoms with Gasteiger partial charge in [-0.2, -0.15) is 0 Å². The second kappa shape index (κ2) is 8.69. The van der Waals surface area contributed by atoms with Gasteiger partial charge in [0, 0.05) is 18.7 Å². The van der Waals surface area contributed by atoms with Crippen LogP contribution < -0.4 is 5.43 Å². The normalized spacial score (nSPS) is 17.7. The molecule has 2 aromatic carbocycles. The zero-order chi connectivity index (χ0) is 24.8. The second-order valence-electron chi connectivity index (χ2n) is 10.4. The lowest BCUT2D eigenvalue weighted by molar-refractivity contribution is 0.0648. The van der Waals surface area contributed by atoms with Crippen LogP contribution in [0, 0.1) is 13.8 Å². The van der Waals surface area contributed by atoms with Gasteiger partial charge in [0.15, 0.2) is 21.0 Å². The summed E-state index contributed by atoms with van der Waals surface area (Å²) in [4.78, 5) is 28.0. The van der Waals surface area contributed by atoms with Gasteiger partial charge in [0.1, 0.15) is 5.58 Å². The van der Waals surface area contributed by atoms with Crippen molar-refractivity contribution >= 4 is 26.7 Å². The Morgan fingerprint density at radius 3 is 2.35 bits per heavy atom. The van der Waals surface area contributed by atoms with Crippen LogP contribution in [0.3, 0.4) is 0 Å². The average Bonchev–Trinajstić information content (AvgIpc) is 3.11. The van der Waals surface area contributed by atoms with Gasteiger partial charge < -0.3 is 9.32 Å². The van der Waals surface area contributed by atoms with Gasteiger partial charge in [0.2, 0.25) is 0 Å². The fourth-order valence-corrected chi connectivity index (χ4v) is 6.28. The predicted molar refractivity (Wildman–Crippen MR) is 134 cm³/mol. The second-order valence-corrected chi connectivity index (χ2v) is 12.6. The number of fused-ring (bicyclic) bond motifs is 1. The van der Waals surface area contributed by atoms with E-state index in [-0.39, 0.29) is 34.7 Å². The molecule has 1 amide bonds. The Bertz CT molecular complexity index is 1410. The number of sulfone groups is 1. The van der Waals surface area contributed by atoms with Gasteiger partial charge in [0.05, 0.1) is 16.9 Å². The molecule has 3 aromatic rings. The predicted octanol–water partition coefficient (Wildman–Crippen LogP) is 4.54. The van der Waals surface area contributed by atoms with E-state index in [2.05, 4.69) is 20.8 Å². The molecule has 4 rings (SSSR count). The molecule has 7 heteroatoms. The van der Waals surface area contributed by atoms with E-state index in [1.54, 1.807) is 11.0 Å². The van der Waals surface area contributed by atoms with Gasteiger partial charge >= 0.3 is 0 Å². The summed E-state index contributed by atoms with van der Waals surface area (Å²) in [5, 5.41) is 0.432. The number of hydrogen-bond acceptors (Lipinski definition) is 5. The fourth-order valence-electron chi connectivity index (χ4n) is 4.55. The molecule has 2 heterocycles. The minimum absolute atomic E-state index is 0.00170. The summed E-state index contributed by atoms with van der Waals surface area (Å²) in [5.74, 6) is -0.583. The molecule has 180 valence electrons. The summed E-state index contributed by atoms with van der Waals surface area (Å²) in [6, 6.07) is 12.4. The largest absolute Gasteiger partial charge is 0.450 e. The fraction of sp³-hybridized carbons (Fsp3) is 0.407. The van der Waals surface area contributed by atoms with Crippen molar-refractivity contribution in [2.45, 2.75) is 59.0 Å². The zero-order valence-corrected chi connectivity index (χ0v) is 21.2. The monoisotopic (exact) mass is 481 g/mol. The Morgan fingerprint density at radius 2 is 1.76 bits per heavy atom. The van der Waals surface area contributed by atoms with Crippen LogP contribution in [0.2, 0.25) is 0 Å². The van der Waals surface area contributed by atoms with Crippen molar-refractivity contribution in [1.82, 2.24) is 4.90 Å². The Balaban J connectivity index is 1.73. The highest BCUT2D eigenvalue weighted by Gasteiger charge is 2.36. The van der Waals surface area contributed by atoms with Crippen molar-refractivity contribution < 1.29 is 17.6 Å². The van der Waals surface area contributed by atoms with E-state index in [9.17, 15) is 18.0 Å². The highest BCUT2D eigenvalue weighted by Crippen LogP contribution is 2.26. The minimum atomic E-state index is -3.22. The number of benzene rings is 2. The SMILES string of the molecule is Cc1cc(C)c2oc(C(=O)N(Cc3ccc(C(C)(C)C)cc3)C3CCS(=O)(=O)C3)cc(=O)c2c1. The van der Waals surface area contributed by atoms with E-state index in [0.29, 0.717) is 17.4 Å². The number of hydrogen-bond donors (Lipinski definition) is 0. The van der Waals surface area contributed by atoms with Crippen molar-refractivity contribution in [3.63, 3.8) is 0 Å². The highest BCUT2D eigenvalue weighted by molar-refractivity contribution is 7.91. The molecule has 1 atom stereocenters. The van der Waals surface area contributed by atoms with Gasteiger partial charge in [-0.15, -0.1) is 0 Å². The molecule has 1 aliphatic heterocycles. The van der Waals surface area contributed by atoms with E-state index in [1.807, 2.05) is 44.2 Å². The van der Waals surface area contributed by atoms with E-state index < -0.39 is 21.8 Å². The molecule has 0 saturated carbocycles. The molecule has 1 aromatic heterocycles. The number of aryl methyl sites for hydroxylation is 2. The first-order chi connectivity index (χ1) is 15.8. The van der Waals surface area contributed by atoms with Crippen molar-refractivity contribution in [3.8, 4) is 0 Å². The number of nitrogens with zero attached hydrogens (tertiary/aromatic N) is 1. The third-order valence-corrected chi connectivity index (χ3v) is 8.20. The summed E-state index contributed by atoms with van der Waals surface area (Å²) < 4.78 is 30.4. The maximum absolute atomic E-state index is 13.6. The van der Waals surface area contributed by atoms with Crippen molar-refractivity contribution in [2.75, 3.05) is 11.5 Å². The molecule has 0 N–H and O–H groups in total. The number of amides is 1. The molecule has 1 saturated heterocycles. The first-order valence-electron chi connectivity index (χ1n) is 11.5. The Morgan fingerprint density at radius 1 is 1.09 bits per heavy atom. The minimum Gasteiger partial charge on any atom is -0.450 e. The molecular weight excluding hydrogens is 450 g/mol. The van der Waals surface area contributed by atoms with E-state index in [4.69, 9.17) is 4.42 Å². The molecular formula is C27H31NO5S. The molecule has 1 fully saturated rings. The summed E-state index contributed by atoms with van der Waals surface area (Å²) in [5.41, 5.74) is 3.87. The summed E-state index contributed by atoms with van der Waals surface area (Å²) in [6.07, 6.45) is 0.365. The van der Waals surface area contributed by atoms with E-state index in [0.717, 1.165) is 16.7 Å². The van der Waals surface area contributed by atoms with Crippen LogP contribution in [-0.2, 0) is 21.8 Å². The number of carbonyl (C=O) groups excluding carboxylic acids is 1. The topological polar surface area (TPSA) is 84.7 Å². The maximum Gasteiger partial charge on any atom is 0.290 e. The van der Waals surface area contributed by atoms with Crippen LogP contribution in [0.25, 0.3) is 11.0 Å². The molecule has 34 heavy (non-hydrogen) atoms. The third-order valence-electron chi connectivity index (χ3n) is 6.45. The molecule has 6 nitrogen and oxygen atoms in total. The Labute approximate surface area is 200 Å². The lowest BCUT2D eigenvalue weighted by Crippen LogP contribution is -2.41. The van der Waals surface area contributed by atoms with E-state index >= 15 is 0 Å². The third kappa shape index (κ3) is 4.94. The molecule has 0 spiro atoms. The van der Waals surface area contributed by atoms with Gasteiger partial charge in [-0.3, -0.25) is 9.59 Å². The Kier molecular flexibility index (Phi) is 6.19. The van der Waals surface area contributed by atoms with Gasteiger partial charge in [-0.05, 0) is 54.0 Å². The van der Waals surface area contributed by atoms with Crippen molar-refractivity contribution in [3.05, 3.63) is 80.7 Å². The lowest BCUT2D eigenvalue weighted by Gasteiger charge is -2.28.